The average Bonchev–Trinajstić information content (AvgIpc) is 3.02. The van der Waals surface area contributed by atoms with E-state index in [-0.39, 0.29) is 0 Å². The third kappa shape index (κ3) is 3.34. The molecule has 0 spiro atoms. The molecule has 23 heavy (non-hydrogen) atoms. The van der Waals surface area contributed by atoms with Gasteiger partial charge in [-0.25, -0.2) is 4.98 Å². The van der Waals surface area contributed by atoms with E-state index in [2.05, 4.69) is 22.5 Å². The summed E-state index contributed by atoms with van der Waals surface area (Å²) in [6, 6.07) is 4.08. The number of ether oxygens (including phenoxy) is 3. The van der Waals surface area contributed by atoms with Crippen LogP contribution in [0.25, 0.3) is 11.4 Å². The van der Waals surface area contributed by atoms with Gasteiger partial charge in [0.25, 0.3) is 0 Å². The molecule has 0 bridgehead atoms. The molecule has 1 aliphatic rings. The minimum absolute atomic E-state index is 0.634. The van der Waals surface area contributed by atoms with E-state index in [9.17, 15) is 0 Å². The maximum Gasteiger partial charge on any atom is 0.171 e. The molecule has 124 valence electrons. The van der Waals surface area contributed by atoms with E-state index >= 15 is 0 Å². The van der Waals surface area contributed by atoms with Crippen molar-refractivity contribution in [2.75, 3.05) is 27.4 Å². The SMILES string of the molecule is COc1cc(C)cc(-c2nccn2CC2CCOCC2)c1OC. The Kier molecular flexibility index (Phi) is 4.86. The van der Waals surface area contributed by atoms with E-state index in [1.165, 1.54) is 0 Å². The average molecular weight is 316 g/mol. The number of nitrogens with zero attached hydrogens (tertiary/aromatic N) is 2. The van der Waals surface area contributed by atoms with Gasteiger partial charge in [-0.1, -0.05) is 0 Å². The quantitative estimate of drug-likeness (QED) is 0.849. The van der Waals surface area contributed by atoms with Gasteiger partial charge in [-0.3, -0.25) is 0 Å². The number of methoxy groups -OCH3 is 2. The summed E-state index contributed by atoms with van der Waals surface area (Å²) in [5.74, 6) is 3.03. The van der Waals surface area contributed by atoms with Crippen molar-refractivity contribution in [1.29, 1.82) is 0 Å². The highest BCUT2D eigenvalue weighted by Crippen LogP contribution is 2.38. The van der Waals surface area contributed by atoms with Gasteiger partial charge < -0.3 is 18.8 Å². The zero-order chi connectivity index (χ0) is 16.2. The molecule has 2 aromatic rings. The molecule has 0 aliphatic carbocycles. The fourth-order valence-electron chi connectivity index (χ4n) is 3.18. The molecule has 0 amide bonds. The van der Waals surface area contributed by atoms with E-state index in [0.717, 1.165) is 61.1 Å². The predicted molar refractivity (Wildman–Crippen MR) is 89.0 cm³/mol. The van der Waals surface area contributed by atoms with Crippen LogP contribution < -0.4 is 9.47 Å². The summed E-state index contributed by atoms with van der Waals surface area (Å²) >= 11 is 0. The maximum absolute atomic E-state index is 5.59. The Morgan fingerprint density at radius 3 is 2.70 bits per heavy atom. The molecule has 1 saturated heterocycles. The van der Waals surface area contributed by atoms with Crippen molar-refractivity contribution in [3.63, 3.8) is 0 Å². The lowest BCUT2D eigenvalue weighted by Gasteiger charge is -2.23. The van der Waals surface area contributed by atoms with Crippen LogP contribution in [-0.2, 0) is 11.3 Å². The largest absolute Gasteiger partial charge is 0.493 e. The van der Waals surface area contributed by atoms with Crippen molar-refractivity contribution in [1.82, 2.24) is 9.55 Å². The maximum atomic E-state index is 5.59. The Bertz CT molecular complexity index is 660. The van der Waals surface area contributed by atoms with E-state index < -0.39 is 0 Å². The molecule has 1 aromatic heterocycles. The van der Waals surface area contributed by atoms with E-state index in [1.54, 1.807) is 14.2 Å². The van der Waals surface area contributed by atoms with Crippen LogP contribution in [0.5, 0.6) is 11.5 Å². The second-order valence-electron chi connectivity index (χ2n) is 6.01. The Morgan fingerprint density at radius 1 is 1.22 bits per heavy atom. The smallest absolute Gasteiger partial charge is 0.171 e. The molecule has 3 rings (SSSR count). The second-order valence-corrected chi connectivity index (χ2v) is 6.01. The van der Waals surface area contributed by atoms with E-state index in [1.807, 2.05) is 18.5 Å². The van der Waals surface area contributed by atoms with Gasteiger partial charge in [-0.2, -0.15) is 0 Å². The summed E-state index contributed by atoms with van der Waals surface area (Å²) in [6.45, 7) is 4.72. The van der Waals surface area contributed by atoms with Gasteiger partial charge in [-0.15, -0.1) is 0 Å². The van der Waals surface area contributed by atoms with Gasteiger partial charge >= 0.3 is 0 Å². The molecule has 5 heteroatoms. The lowest BCUT2D eigenvalue weighted by atomic mass is 10.00. The molecule has 0 unspecified atom stereocenters. The van der Waals surface area contributed by atoms with Crippen LogP contribution in [-0.4, -0.2) is 37.0 Å². The highest BCUT2D eigenvalue weighted by Gasteiger charge is 2.20. The zero-order valence-electron chi connectivity index (χ0n) is 14.0. The molecule has 0 radical (unpaired) electrons. The van der Waals surface area contributed by atoms with Crippen molar-refractivity contribution < 1.29 is 14.2 Å². The number of aromatic nitrogens is 2. The Balaban J connectivity index is 1.96. The van der Waals surface area contributed by atoms with Crippen molar-refractivity contribution in [2.45, 2.75) is 26.3 Å². The topological polar surface area (TPSA) is 45.5 Å². The van der Waals surface area contributed by atoms with Crippen LogP contribution in [0.3, 0.4) is 0 Å². The summed E-state index contributed by atoms with van der Waals surface area (Å²) in [7, 11) is 3.33. The van der Waals surface area contributed by atoms with Crippen LogP contribution in [0.2, 0.25) is 0 Å². The third-order valence-electron chi connectivity index (χ3n) is 4.38. The van der Waals surface area contributed by atoms with Gasteiger partial charge in [0.2, 0.25) is 0 Å². The highest BCUT2D eigenvalue weighted by atomic mass is 16.5. The number of hydrogen-bond acceptors (Lipinski definition) is 4. The van der Waals surface area contributed by atoms with Gasteiger partial charge in [0.05, 0.1) is 19.8 Å². The van der Waals surface area contributed by atoms with E-state index in [0.29, 0.717) is 5.92 Å². The van der Waals surface area contributed by atoms with Crippen LogP contribution in [0, 0.1) is 12.8 Å². The molecule has 1 fully saturated rings. The number of aryl methyl sites for hydroxylation is 1. The van der Waals surface area contributed by atoms with Crippen molar-refractivity contribution in [2.24, 2.45) is 5.92 Å². The lowest BCUT2D eigenvalue weighted by molar-refractivity contribution is 0.0614. The molecule has 0 N–H and O–H groups in total. The standard InChI is InChI=1S/C18H24N2O3/c1-13-10-15(17(22-3)16(11-13)21-2)18-19-6-7-20(18)12-14-4-8-23-9-5-14/h6-7,10-11,14H,4-5,8-9,12H2,1-3H3. The van der Waals surface area contributed by atoms with Crippen molar-refractivity contribution >= 4 is 0 Å². The normalized spacial score (nSPS) is 15.6. The summed E-state index contributed by atoms with van der Waals surface area (Å²) in [4.78, 5) is 4.57. The number of benzene rings is 1. The molecule has 1 aliphatic heterocycles. The summed E-state index contributed by atoms with van der Waals surface area (Å²) in [5.41, 5.74) is 2.10. The third-order valence-corrected chi connectivity index (χ3v) is 4.38. The first kappa shape index (κ1) is 15.9. The van der Waals surface area contributed by atoms with Gasteiger partial charge in [-0.05, 0) is 43.4 Å². The lowest BCUT2D eigenvalue weighted by Crippen LogP contribution is -2.20. The van der Waals surface area contributed by atoms with Crippen LogP contribution in [0.1, 0.15) is 18.4 Å². The van der Waals surface area contributed by atoms with Gasteiger partial charge in [0.15, 0.2) is 11.5 Å². The number of imidazole rings is 1. The highest BCUT2D eigenvalue weighted by molar-refractivity contribution is 5.70. The molecule has 5 nitrogen and oxygen atoms in total. The number of rotatable bonds is 5. The van der Waals surface area contributed by atoms with Crippen molar-refractivity contribution in [3.05, 3.63) is 30.1 Å². The van der Waals surface area contributed by atoms with E-state index in [4.69, 9.17) is 14.2 Å². The van der Waals surface area contributed by atoms with Crippen LogP contribution in [0.15, 0.2) is 24.5 Å². The molecular formula is C18H24N2O3. The summed E-state index contributed by atoms with van der Waals surface area (Å²) in [5, 5.41) is 0. The fraction of sp³-hybridized carbons (Fsp3) is 0.500. The minimum atomic E-state index is 0.634. The molecular weight excluding hydrogens is 292 g/mol. The minimum Gasteiger partial charge on any atom is -0.493 e. The van der Waals surface area contributed by atoms with Crippen LogP contribution in [0.4, 0.5) is 0 Å². The first-order chi connectivity index (χ1) is 11.2. The number of hydrogen-bond donors (Lipinski definition) is 0. The first-order valence-electron chi connectivity index (χ1n) is 8.04. The Labute approximate surface area is 137 Å². The van der Waals surface area contributed by atoms with Crippen LogP contribution >= 0.6 is 0 Å². The fourth-order valence-corrected chi connectivity index (χ4v) is 3.18. The first-order valence-corrected chi connectivity index (χ1v) is 8.04. The zero-order valence-corrected chi connectivity index (χ0v) is 14.0. The molecule has 0 atom stereocenters. The Morgan fingerprint density at radius 2 is 2.00 bits per heavy atom. The van der Waals surface area contributed by atoms with Crippen molar-refractivity contribution in [3.8, 4) is 22.9 Å². The van der Waals surface area contributed by atoms with Gasteiger partial charge in [0.1, 0.15) is 5.82 Å². The molecule has 0 saturated carbocycles. The van der Waals surface area contributed by atoms with Gasteiger partial charge in [0, 0.05) is 32.2 Å². The Hall–Kier alpha value is -2.01. The summed E-state index contributed by atoms with van der Waals surface area (Å²) in [6.07, 6.45) is 6.10. The molecule has 1 aromatic carbocycles. The predicted octanol–water partition coefficient (Wildman–Crippen LogP) is 3.30. The second kappa shape index (κ2) is 7.04. The monoisotopic (exact) mass is 316 g/mol. The molecule has 2 heterocycles. The summed E-state index contributed by atoms with van der Waals surface area (Å²) < 4.78 is 18.7.